The van der Waals surface area contributed by atoms with E-state index in [4.69, 9.17) is 4.98 Å². The molecule has 4 nitrogen and oxygen atoms in total. The van der Waals surface area contributed by atoms with Gasteiger partial charge in [0, 0.05) is 49.6 Å². The molecule has 1 amide bonds. The third-order valence-electron chi connectivity index (χ3n) is 5.34. The highest BCUT2D eigenvalue weighted by molar-refractivity contribution is 7.09. The molecular formula is C20H25N3OS. The summed E-state index contributed by atoms with van der Waals surface area (Å²) in [5.74, 6) is 0.858. The minimum atomic E-state index is 0.150. The molecule has 0 N–H and O–H groups in total. The molecule has 4 rings (SSSR count). The van der Waals surface area contributed by atoms with Crippen LogP contribution in [-0.4, -0.2) is 46.9 Å². The minimum absolute atomic E-state index is 0.150. The summed E-state index contributed by atoms with van der Waals surface area (Å²) in [5.41, 5.74) is 1.99. The number of rotatable bonds is 4. The van der Waals surface area contributed by atoms with E-state index in [1.165, 1.54) is 36.4 Å². The van der Waals surface area contributed by atoms with Crippen LogP contribution >= 0.6 is 11.3 Å². The third kappa shape index (κ3) is 3.93. The van der Waals surface area contributed by atoms with Crippen molar-refractivity contribution < 1.29 is 4.79 Å². The zero-order chi connectivity index (χ0) is 17.1. The Bertz CT molecular complexity index is 701. The van der Waals surface area contributed by atoms with Gasteiger partial charge in [-0.1, -0.05) is 31.0 Å². The molecule has 0 bridgehead atoms. The molecule has 25 heavy (non-hydrogen) atoms. The summed E-state index contributed by atoms with van der Waals surface area (Å²) in [7, 11) is 0. The van der Waals surface area contributed by atoms with E-state index in [1.54, 1.807) is 0 Å². The number of aromatic nitrogens is 1. The highest BCUT2D eigenvalue weighted by atomic mass is 32.1. The van der Waals surface area contributed by atoms with Crippen molar-refractivity contribution in [2.75, 3.05) is 26.2 Å². The Balaban J connectivity index is 1.29. The second kappa shape index (κ2) is 7.67. The van der Waals surface area contributed by atoms with Crippen molar-refractivity contribution in [3.8, 4) is 0 Å². The van der Waals surface area contributed by atoms with E-state index in [9.17, 15) is 4.79 Å². The van der Waals surface area contributed by atoms with Gasteiger partial charge in [0.15, 0.2) is 0 Å². The molecule has 1 aromatic heterocycles. The molecule has 0 spiro atoms. The first-order valence-corrected chi connectivity index (χ1v) is 10.2. The normalized spacial score (nSPS) is 19.4. The monoisotopic (exact) mass is 355 g/mol. The average Bonchev–Trinajstić information content (AvgIpc) is 3.34. The molecule has 1 saturated carbocycles. The van der Waals surface area contributed by atoms with Crippen molar-refractivity contribution >= 4 is 17.2 Å². The Hall–Kier alpha value is -1.72. The van der Waals surface area contributed by atoms with Crippen molar-refractivity contribution in [3.05, 3.63) is 52.0 Å². The lowest BCUT2D eigenvalue weighted by atomic mass is 10.1. The summed E-state index contributed by atoms with van der Waals surface area (Å²) in [6, 6.07) is 9.59. The van der Waals surface area contributed by atoms with Gasteiger partial charge in [0.25, 0.3) is 5.91 Å². The highest BCUT2D eigenvalue weighted by Gasteiger charge is 2.24. The van der Waals surface area contributed by atoms with Gasteiger partial charge in [-0.05, 0) is 25.0 Å². The third-order valence-corrected chi connectivity index (χ3v) is 6.40. The molecule has 5 heteroatoms. The molecule has 1 aromatic carbocycles. The van der Waals surface area contributed by atoms with Crippen LogP contribution in [0.2, 0.25) is 0 Å². The number of thiazole rings is 1. The van der Waals surface area contributed by atoms with Crippen LogP contribution in [0.5, 0.6) is 0 Å². The van der Waals surface area contributed by atoms with Crippen LogP contribution in [0.3, 0.4) is 0 Å². The fraction of sp³-hybridized carbons (Fsp3) is 0.500. The molecular weight excluding hydrogens is 330 g/mol. The molecule has 1 saturated heterocycles. The zero-order valence-corrected chi connectivity index (χ0v) is 15.4. The summed E-state index contributed by atoms with van der Waals surface area (Å²) < 4.78 is 0. The van der Waals surface area contributed by atoms with E-state index in [0.717, 1.165) is 38.3 Å². The van der Waals surface area contributed by atoms with Crippen LogP contribution in [0.25, 0.3) is 0 Å². The van der Waals surface area contributed by atoms with E-state index in [0.29, 0.717) is 5.92 Å². The summed E-state index contributed by atoms with van der Waals surface area (Å²) in [4.78, 5) is 21.8. The number of nitrogens with zero attached hydrogens (tertiary/aromatic N) is 3. The van der Waals surface area contributed by atoms with E-state index in [2.05, 4.69) is 10.3 Å². The second-order valence-electron chi connectivity index (χ2n) is 7.09. The van der Waals surface area contributed by atoms with Gasteiger partial charge in [0.2, 0.25) is 0 Å². The Morgan fingerprint density at radius 1 is 1.08 bits per heavy atom. The molecule has 0 atom stereocenters. The molecule has 0 radical (unpaired) electrons. The Kier molecular flexibility index (Phi) is 5.13. The lowest BCUT2D eigenvalue weighted by Gasteiger charge is -2.34. The lowest BCUT2D eigenvalue weighted by Crippen LogP contribution is -2.48. The Morgan fingerprint density at radius 3 is 2.52 bits per heavy atom. The van der Waals surface area contributed by atoms with Gasteiger partial charge in [-0.3, -0.25) is 9.69 Å². The summed E-state index contributed by atoms with van der Waals surface area (Å²) in [6.07, 6.45) is 5.34. The number of hydrogen-bond acceptors (Lipinski definition) is 4. The largest absolute Gasteiger partial charge is 0.336 e. The number of benzene rings is 1. The first-order chi connectivity index (χ1) is 12.3. The van der Waals surface area contributed by atoms with E-state index in [1.807, 2.05) is 46.6 Å². The molecule has 1 aliphatic carbocycles. The van der Waals surface area contributed by atoms with Crippen molar-refractivity contribution in [2.24, 2.45) is 0 Å². The van der Waals surface area contributed by atoms with Gasteiger partial charge in [-0.25, -0.2) is 4.98 Å². The molecule has 1 aliphatic heterocycles. The zero-order valence-electron chi connectivity index (χ0n) is 14.6. The first kappa shape index (κ1) is 16.7. The number of piperazine rings is 1. The topological polar surface area (TPSA) is 36.4 Å². The summed E-state index contributed by atoms with van der Waals surface area (Å²) >= 11 is 1.84. The van der Waals surface area contributed by atoms with Crippen LogP contribution in [-0.2, 0) is 6.54 Å². The Morgan fingerprint density at radius 2 is 1.80 bits per heavy atom. The van der Waals surface area contributed by atoms with Gasteiger partial charge in [0.05, 0.1) is 10.7 Å². The molecule has 0 unspecified atom stereocenters. The molecule has 2 fully saturated rings. The number of amides is 1. The van der Waals surface area contributed by atoms with Crippen LogP contribution in [0, 0.1) is 0 Å². The maximum Gasteiger partial charge on any atom is 0.253 e. The van der Waals surface area contributed by atoms with Crippen molar-refractivity contribution in [1.82, 2.24) is 14.8 Å². The van der Waals surface area contributed by atoms with E-state index in [-0.39, 0.29) is 5.91 Å². The number of carbonyl (C=O) groups excluding carboxylic acids is 1. The quantitative estimate of drug-likeness (QED) is 0.838. The molecule has 2 heterocycles. The fourth-order valence-electron chi connectivity index (χ4n) is 3.86. The van der Waals surface area contributed by atoms with Crippen LogP contribution in [0.4, 0.5) is 0 Å². The predicted molar refractivity (Wildman–Crippen MR) is 101 cm³/mol. The van der Waals surface area contributed by atoms with Crippen molar-refractivity contribution in [2.45, 2.75) is 38.1 Å². The number of carbonyl (C=O) groups is 1. The maximum atomic E-state index is 12.5. The van der Waals surface area contributed by atoms with E-state index < -0.39 is 0 Å². The van der Waals surface area contributed by atoms with Crippen LogP contribution < -0.4 is 0 Å². The second-order valence-corrected chi connectivity index (χ2v) is 7.98. The van der Waals surface area contributed by atoms with Crippen molar-refractivity contribution in [3.63, 3.8) is 0 Å². The number of hydrogen-bond donors (Lipinski definition) is 0. The molecule has 2 aliphatic rings. The highest BCUT2D eigenvalue weighted by Crippen LogP contribution is 2.35. The van der Waals surface area contributed by atoms with Gasteiger partial charge >= 0.3 is 0 Å². The molecule has 132 valence electrons. The standard InChI is InChI=1S/C20H25N3OS/c24-20(17-8-2-1-3-9-17)23-12-10-22(11-13-23)14-18-15-25-19(21-18)16-6-4-5-7-16/h1-3,8-9,15-16H,4-7,10-14H2. The van der Waals surface area contributed by atoms with Crippen LogP contribution in [0.15, 0.2) is 35.7 Å². The van der Waals surface area contributed by atoms with Gasteiger partial charge in [-0.2, -0.15) is 0 Å². The minimum Gasteiger partial charge on any atom is -0.336 e. The predicted octanol–water partition coefficient (Wildman–Crippen LogP) is 3.76. The van der Waals surface area contributed by atoms with E-state index >= 15 is 0 Å². The fourth-order valence-corrected chi connectivity index (χ4v) is 4.84. The smallest absolute Gasteiger partial charge is 0.253 e. The Labute approximate surface area is 153 Å². The van der Waals surface area contributed by atoms with Gasteiger partial charge < -0.3 is 4.90 Å². The van der Waals surface area contributed by atoms with Gasteiger partial charge in [0.1, 0.15) is 0 Å². The van der Waals surface area contributed by atoms with Crippen LogP contribution in [0.1, 0.15) is 52.7 Å². The molecule has 2 aromatic rings. The summed E-state index contributed by atoms with van der Waals surface area (Å²) in [5, 5.41) is 3.57. The average molecular weight is 356 g/mol. The maximum absolute atomic E-state index is 12.5. The van der Waals surface area contributed by atoms with Gasteiger partial charge in [-0.15, -0.1) is 11.3 Å². The summed E-state index contributed by atoms with van der Waals surface area (Å²) in [6.45, 7) is 4.36. The lowest BCUT2D eigenvalue weighted by molar-refractivity contribution is 0.0627. The SMILES string of the molecule is O=C(c1ccccc1)N1CCN(Cc2csc(C3CCCC3)n2)CC1. The first-order valence-electron chi connectivity index (χ1n) is 9.30. The van der Waals surface area contributed by atoms with Crippen molar-refractivity contribution in [1.29, 1.82) is 0 Å².